The predicted molar refractivity (Wildman–Crippen MR) is 77.3 cm³/mol. The normalized spacial score (nSPS) is 10.4. The molecule has 0 spiro atoms. The quantitative estimate of drug-likeness (QED) is 0.794. The average Bonchev–Trinajstić information content (AvgIpc) is 3.01. The van der Waals surface area contributed by atoms with E-state index in [1.165, 1.54) is 11.3 Å². The second-order valence-electron chi connectivity index (χ2n) is 3.93. The molecule has 3 rings (SSSR count). The molecule has 0 aliphatic carbocycles. The van der Waals surface area contributed by atoms with Crippen molar-refractivity contribution in [2.75, 3.05) is 12.8 Å². The summed E-state index contributed by atoms with van der Waals surface area (Å²) < 4.78 is 5.09. The van der Waals surface area contributed by atoms with Crippen molar-refractivity contribution in [1.29, 1.82) is 0 Å². The minimum atomic E-state index is 0.467. The van der Waals surface area contributed by atoms with Crippen molar-refractivity contribution >= 4 is 17.0 Å². The van der Waals surface area contributed by atoms with E-state index in [1.807, 2.05) is 5.38 Å². The van der Waals surface area contributed by atoms with Crippen LogP contribution in [0.25, 0.3) is 22.2 Å². The standard InChI is InChI=1S/C13H11N5OS/c1-19-11-2-3-15-12(18-11)9-6-8(14)7-10(17-9)13-16-4-5-20-13/h2-7H,1H3,(H2,14,17). The van der Waals surface area contributed by atoms with E-state index in [9.17, 15) is 0 Å². The van der Waals surface area contributed by atoms with E-state index in [1.54, 1.807) is 37.7 Å². The highest BCUT2D eigenvalue weighted by molar-refractivity contribution is 7.13. The highest BCUT2D eigenvalue weighted by Gasteiger charge is 2.10. The molecule has 6 nitrogen and oxygen atoms in total. The van der Waals surface area contributed by atoms with Gasteiger partial charge in [-0.05, 0) is 12.1 Å². The van der Waals surface area contributed by atoms with E-state index in [0.717, 1.165) is 5.01 Å². The van der Waals surface area contributed by atoms with E-state index >= 15 is 0 Å². The number of methoxy groups -OCH3 is 1. The van der Waals surface area contributed by atoms with E-state index in [-0.39, 0.29) is 0 Å². The molecule has 3 aromatic heterocycles. The molecule has 0 aliphatic rings. The Balaban J connectivity index is 2.09. The third kappa shape index (κ3) is 2.43. The van der Waals surface area contributed by atoms with Crippen LogP contribution in [-0.4, -0.2) is 27.0 Å². The maximum absolute atomic E-state index is 5.92. The van der Waals surface area contributed by atoms with Crippen molar-refractivity contribution in [3.05, 3.63) is 36.0 Å². The SMILES string of the molecule is COc1ccnc(-c2cc(N)cc(-c3nccs3)n2)n1. The Labute approximate surface area is 119 Å². The first-order valence-electron chi connectivity index (χ1n) is 5.81. The van der Waals surface area contributed by atoms with Gasteiger partial charge in [-0.1, -0.05) is 0 Å². The molecule has 0 bridgehead atoms. The first-order chi connectivity index (χ1) is 9.76. The average molecular weight is 285 g/mol. The Hall–Kier alpha value is -2.54. The van der Waals surface area contributed by atoms with Crippen molar-refractivity contribution in [3.8, 4) is 28.1 Å². The number of ether oxygens (including phenoxy) is 1. The van der Waals surface area contributed by atoms with Gasteiger partial charge in [-0.25, -0.2) is 15.0 Å². The topological polar surface area (TPSA) is 86.8 Å². The van der Waals surface area contributed by atoms with Crippen molar-refractivity contribution < 1.29 is 4.74 Å². The van der Waals surface area contributed by atoms with Gasteiger partial charge in [-0.2, -0.15) is 4.98 Å². The molecule has 0 fully saturated rings. The lowest BCUT2D eigenvalue weighted by atomic mass is 10.2. The van der Waals surface area contributed by atoms with E-state index in [0.29, 0.717) is 28.8 Å². The number of nitrogen functional groups attached to an aromatic ring is 1. The summed E-state index contributed by atoms with van der Waals surface area (Å²) in [6, 6.07) is 5.19. The van der Waals surface area contributed by atoms with Crippen LogP contribution in [0.15, 0.2) is 36.0 Å². The minimum absolute atomic E-state index is 0.467. The summed E-state index contributed by atoms with van der Waals surface area (Å²) in [5.41, 5.74) is 7.81. The van der Waals surface area contributed by atoms with Crippen molar-refractivity contribution in [1.82, 2.24) is 19.9 Å². The maximum Gasteiger partial charge on any atom is 0.216 e. The second kappa shape index (κ2) is 5.22. The van der Waals surface area contributed by atoms with Gasteiger partial charge in [0, 0.05) is 29.5 Å². The van der Waals surface area contributed by atoms with E-state index in [2.05, 4.69) is 19.9 Å². The van der Waals surface area contributed by atoms with Gasteiger partial charge in [-0.3, -0.25) is 0 Å². The Morgan fingerprint density at radius 2 is 1.95 bits per heavy atom. The largest absolute Gasteiger partial charge is 0.481 e. The van der Waals surface area contributed by atoms with Crippen LogP contribution in [0.2, 0.25) is 0 Å². The summed E-state index contributed by atoms with van der Waals surface area (Å²) in [4.78, 5) is 17.2. The summed E-state index contributed by atoms with van der Waals surface area (Å²) in [6.45, 7) is 0. The number of hydrogen-bond donors (Lipinski definition) is 1. The van der Waals surface area contributed by atoms with Gasteiger partial charge in [0.2, 0.25) is 5.88 Å². The molecule has 0 saturated carbocycles. The second-order valence-corrected chi connectivity index (χ2v) is 4.83. The molecule has 0 unspecified atom stereocenters. The summed E-state index contributed by atoms with van der Waals surface area (Å²) in [5, 5.41) is 2.70. The molecule has 0 radical (unpaired) electrons. The molecule has 0 aromatic carbocycles. The lowest BCUT2D eigenvalue weighted by molar-refractivity contribution is 0.397. The minimum Gasteiger partial charge on any atom is -0.481 e. The van der Waals surface area contributed by atoms with Gasteiger partial charge < -0.3 is 10.5 Å². The Morgan fingerprint density at radius 3 is 2.70 bits per heavy atom. The lowest BCUT2D eigenvalue weighted by Gasteiger charge is -2.05. The zero-order chi connectivity index (χ0) is 13.9. The molecule has 7 heteroatoms. The van der Waals surface area contributed by atoms with Crippen LogP contribution in [-0.2, 0) is 0 Å². The molecular formula is C13H11N5OS. The fourth-order valence-corrected chi connectivity index (χ4v) is 2.30. The molecular weight excluding hydrogens is 274 g/mol. The monoisotopic (exact) mass is 285 g/mol. The molecule has 0 aliphatic heterocycles. The van der Waals surface area contributed by atoms with Gasteiger partial charge in [0.05, 0.1) is 7.11 Å². The Bertz CT molecular complexity index is 729. The van der Waals surface area contributed by atoms with Gasteiger partial charge in [0.15, 0.2) is 5.82 Å². The smallest absolute Gasteiger partial charge is 0.216 e. The van der Waals surface area contributed by atoms with Gasteiger partial charge in [0.25, 0.3) is 0 Å². The fraction of sp³-hybridized carbons (Fsp3) is 0.0769. The third-order valence-electron chi connectivity index (χ3n) is 2.57. The van der Waals surface area contributed by atoms with Crippen molar-refractivity contribution in [2.24, 2.45) is 0 Å². The van der Waals surface area contributed by atoms with Crippen LogP contribution < -0.4 is 10.5 Å². The summed E-state index contributed by atoms with van der Waals surface area (Å²) in [5.74, 6) is 0.949. The van der Waals surface area contributed by atoms with Crippen molar-refractivity contribution in [3.63, 3.8) is 0 Å². The molecule has 3 heterocycles. The van der Waals surface area contributed by atoms with Crippen molar-refractivity contribution in [2.45, 2.75) is 0 Å². The number of rotatable bonds is 3. The number of pyridine rings is 1. The van der Waals surface area contributed by atoms with E-state index < -0.39 is 0 Å². The van der Waals surface area contributed by atoms with Gasteiger partial charge in [0.1, 0.15) is 16.4 Å². The van der Waals surface area contributed by atoms with Crippen LogP contribution in [0, 0.1) is 0 Å². The summed E-state index contributed by atoms with van der Waals surface area (Å²) in [7, 11) is 1.56. The molecule has 0 atom stereocenters. The Kier molecular flexibility index (Phi) is 3.26. The first-order valence-corrected chi connectivity index (χ1v) is 6.69. The highest BCUT2D eigenvalue weighted by atomic mass is 32.1. The van der Waals surface area contributed by atoms with E-state index in [4.69, 9.17) is 10.5 Å². The number of thiazole rings is 1. The summed E-state index contributed by atoms with van der Waals surface area (Å²) in [6.07, 6.45) is 3.35. The van der Waals surface area contributed by atoms with Gasteiger partial charge >= 0.3 is 0 Å². The van der Waals surface area contributed by atoms with Crippen LogP contribution >= 0.6 is 11.3 Å². The van der Waals surface area contributed by atoms with Crippen LogP contribution in [0.5, 0.6) is 5.88 Å². The lowest BCUT2D eigenvalue weighted by Crippen LogP contribution is -1.97. The number of aromatic nitrogens is 4. The van der Waals surface area contributed by atoms with Gasteiger partial charge in [-0.15, -0.1) is 11.3 Å². The number of nitrogens with zero attached hydrogens (tertiary/aromatic N) is 4. The molecule has 2 N–H and O–H groups in total. The predicted octanol–water partition coefficient (Wildman–Crippen LogP) is 2.25. The van der Waals surface area contributed by atoms with Crippen LogP contribution in [0.1, 0.15) is 0 Å². The maximum atomic E-state index is 5.92. The zero-order valence-corrected chi connectivity index (χ0v) is 11.5. The first kappa shape index (κ1) is 12.5. The molecule has 3 aromatic rings. The molecule has 0 amide bonds. The molecule has 100 valence electrons. The number of nitrogens with two attached hydrogens (primary N) is 1. The number of anilines is 1. The number of hydrogen-bond acceptors (Lipinski definition) is 7. The van der Waals surface area contributed by atoms with Crippen LogP contribution in [0.4, 0.5) is 5.69 Å². The van der Waals surface area contributed by atoms with Crippen LogP contribution in [0.3, 0.4) is 0 Å². The zero-order valence-electron chi connectivity index (χ0n) is 10.6. The molecule has 20 heavy (non-hydrogen) atoms. The fourth-order valence-electron chi connectivity index (χ4n) is 1.71. The highest BCUT2D eigenvalue weighted by Crippen LogP contribution is 2.25. The summed E-state index contributed by atoms with van der Waals surface area (Å²) >= 11 is 1.50. The Morgan fingerprint density at radius 1 is 1.10 bits per heavy atom. The molecule has 0 saturated heterocycles. The third-order valence-corrected chi connectivity index (χ3v) is 3.36.